The highest BCUT2D eigenvalue weighted by Gasteiger charge is 2.15. The van der Waals surface area contributed by atoms with Crippen LogP contribution >= 0.6 is 11.6 Å². The Kier molecular flexibility index (Phi) is 3.08. The lowest BCUT2D eigenvalue weighted by molar-refractivity contribution is 0.351. The van der Waals surface area contributed by atoms with Crippen molar-refractivity contribution in [3.05, 3.63) is 16.9 Å². The predicted molar refractivity (Wildman–Crippen MR) is 57.6 cm³/mol. The van der Waals surface area contributed by atoms with E-state index in [1.54, 1.807) is 0 Å². The SMILES string of the molecule is Cc1cnn(CC2CCCCN2)c1Cl. The van der Waals surface area contributed by atoms with E-state index < -0.39 is 0 Å². The van der Waals surface area contributed by atoms with Gasteiger partial charge < -0.3 is 5.32 Å². The maximum absolute atomic E-state index is 6.10. The molecule has 0 amide bonds. The molecule has 1 aromatic rings. The molecule has 1 atom stereocenters. The number of nitrogens with one attached hydrogen (secondary N) is 1. The molecule has 1 unspecified atom stereocenters. The average molecular weight is 214 g/mol. The highest BCUT2D eigenvalue weighted by molar-refractivity contribution is 6.30. The van der Waals surface area contributed by atoms with E-state index in [0.717, 1.165) is 23.8 Å². The van der Waals surface area contributed by atoms with Crippen LogP contribution in [0.5, 0.6) is 0 Å². The summed E-state index contributed by atoms with van der Waals surface area (Å²) in [5.41, 5.74) is 1.06. The van der Waals surface area contributed by atoms with Gasteiger partial charge in [-0.1, -0.05) is 18.0 Å². The molecule has 1 saturated heterocycles. The van der Waals surface area contributed by atoms with Gasteiger partial charge in [0.1, 0.15) is 5.15 Å². The first kappa shape index (κ1) is 9.99. The van der Waals surface area contributed by atoms with Gasteiger partial charge in [-0.05, 0) is 26.3 Å². The number of aryl methyl sites for hydroxylation is 1. The van der Waals surface area contributed by atoms with Gasteiger partial charge in [-0.15, -0.1) is 0 Å². The van der Waals surface area contributed by atoms with Crippen molar-refractivity contribution in [3.63, 3.8) is 0 Å². The van der Waals surface area contributed by atoms with Crippen LogP contribution in [0.2, 0.25) is 5.15 Å². The number of rotatable bonds is 2. The zero-order chi connectivity index (χ0) is 9.97. The number of piperidine rings is 1. The molecule has 0 bridgehead atoms. The molecule has 0 radical (unpaired) electrons. The average Bonchev–Trinajstić information content (AvgIpc) is 2.52. The second-order valence-corrected chi connectivity index (χ2v) is 4.31. The van der Waals surface area contributed by atoms with Gasteiger partial charge in [-0.25, -0.2) is 0 Å². The first-order valence-electron chi connectivity index (χ1n) is 5.18. The van der Waals surface area contributed by atoms with Gasteiger partial charge in [-0.3, -0.25) is 4.68 Å². The van der Waals surface area contributed by atoms with Crippen molar-refractivity contribution >= 4 is 11.6 Å². The zero-order valence-electron chi connectivity index (χ0n) is 8.46. The van der Waals surface area contributed by atoms with E-state index in [-0.39, 0.29) is 0 Å². The Balaban J connectivity index is 1.99. The van der Waals surface area contributed by atoms with Crippen LogP contribution in [0.15, 0.2) is 6.20 Å². The van der Waals surface area contributed by atoms with Crippen LogP contribution < -0.4 is 5.32 Å². The van der Waals surface area contributed by atoms with Crippen molar-refractivity contribution in [2.45, 2.75) is 38.8 Å². The van der Waals surface area contributed by atoms with Crippen molar-refractivity contribution in [2.75, 3.05) is 6.54 Å². The Labute approximate surface area is 89.4 Å². The number of hydrogen-bond donors (Lipinski definition) is 1. The van der Waals surface area contributed by atoms with Crippen molar-refractivity contribution < 1.29 is 0 Å². The normalized spacial score (nSPS) is 22.6. The van der Waals surface area contributed by atoms with Crippen LogP contribution in [0.25, 0.3) is 0 Å². The minimum Gasteiger partial charge on any atom is -0.312 e. The minimum absolute atomic E-state index is 0.542. The van der Waals surface area contributed by atoms with Gasteiger partial charge in [0.05, 0.1) is 12.7 Å². The third-order valence-corrected chi connectivity index (χ3v) is 3.24. The standard InChI is InChI=1S/C10H16ClN3/c1-8-6-13-14(10(8)11)7-9-4-2-3-5-12-9/h6,9,12H,2-5,7H2,1H3. The summed E-state index contributed by atoms with van der Waals surface area (Å²) in [6, 6.07) is 0.542. The Morgan fingerprint density at radius 2 is 2.50 bits per heavy atom. The van der Waals surface area contributed by atoms with Gasteiger partial charge in [0.25, 0.3) is 0 Å². The molecule has 0 spiro atoms. The molecule has 3 nitrogen and oxygen atoms in total. The lowest BCUT2D eigenvalue weighted by Crippen LogP contribution is -2.37. The highest BCUT2D eigenvalue weighted by Crippen LogP contribution is 2.16. The Morgan fingerprint density at radius 1 is 1.64 bits per heavy atom. The Hall–Kier alpha value is -0.540. The second-order valence-electron chi connectivity index (χ2n) is 3.95. The van der Waals surface area contributed by atoms with E-state index >= 15 is 0 Å². The maximum Gasteiger partial charge on any atom is 0.129 e. The van der Waals surface area contributed by atoms with Crippen LogP contribution in [-0.2, 0) is 6.54 Å². The molecule has 1 fully saturated rings. The summed E-state index contributed by atoms with van der Waals surface area (Å²) in [5.74, 6) is 0. The molecule has 14 heavy (non-hydrogen) atoms. The van der Waals surface area contributed by atoms with Crippen molar-refractivity contribution in [3.8, 4) is 0 Å². The molecule has 1 aliphatic rings. The lowest BCUT2D eigenvalue weighted by Gasteiger charge is -2.23. The molecule has 1 aromatic heterocycles. The second kappa shape index (κ2) is 4.32. The Bertz CT molecular complexity index is 302. The summed E-state index contributed by atoms with van der Waals surface area (Å²) >= 11 is 6.10. The van der Waals surface area contributed by atoms with Crippen molar-refractivity contribution in [2.24, 2.45) is 0 Å². The van der Waals surface area contributed by atoms with E-state index in [2.05, 4.69) is 10.4 Å². The maximum atomic E-state index is 6.10. The first-order valence-corrected chi connectivity index (χ1v) is 5.56. The third kappa shape index (κ3) is 2.10. The van der Waals surface area contributed by atoms with E-state index in [4.69, 9.17) is 11.6 Å². The fourth-order valence-corrected chi connectivity index (χ4v) is 2.04. The first-order chi connectivity index (χ1) is 6.77. The smallest absolute Gasteiger partial charge is 0.129 e. The summed E-state index contributed by atoms with van der Waals surface area (Å²) in [5, 5.41) is 8.51. The van der Waals surface area contributed by atoms with Gasteiger partial charge in [-0.2, -0.15) is 5.10 Å². The quantitative estimate of drug-likeness (QED) is 0.815. The van der Waals surface area contributed by atoms with Crippen molar-refractivity contribution in [1.82, 2.24) is 15.1 Å². The molecule has 4 heteroatoms. The monoisotopic (exact) mass is 213 g/mol. The van der Waals surface area contributed by atoms with Crippen LogP contribution in [0, 0.1) is 6.92 Å². The van der Waals surface area contributed by atoms with Gasteiger partial charge in [0.2, 0.25) is 0 Å². The lowest BCUT2D eigenvalue weighted by atomic mass is 10.1. The molecule has 1 aliphatic heterocycles. The number of halogens is 1. The van der Waals surface area contributed by atoms with Gasteiger partial charge in [0.15, 0.2) is 0 Å². The summed E-state index contributed by atoms with van der Waals surface area (Å²) in [4.78, 5) is 0. The summed E-state index contributed by atoms with van der Waals surface area (Å²) < 4.78 is 1.89. The fraction of sp³-hybridized carbons (Fsp3) is 0.700. The molecular weight excluding hydrogens is 198 g/mol. The zero-order valence-corrected chi connectivity index (χ0v) is 9.22. The molecule has 1 N–H and O–H groups in total. The summed E-state index contributed by atoms with van der Waals surface area (Å²) in [6.07, 6.45) is 5.66. The van der Waals surface area contributed by atoms with E-state index in [9.17, 15) is 0 Å². The van der Waals surface area contributed by atoms with Crippen LogP contribution in [0.1, 0.15) is 24.8 Å². The molecular formula is C10H16ClN3. The Morgan fingerprint density at radius 3 is 3.07 bits per heavy atom. The van der Waals surface area contributed by atoms with Crippen molar-refractivity contribution in [1.29, 1.82) is 0 Å². The van der Waals surface area contributed by atoms with E-state index in [1.165, 1.54) is 19.3 Å². The van der Waals surface area contributed by atoms with E-state index in [1.807, 2.05) is 17.8 Å². The number of nitrogens with zero attached hydrogens (tertiary/aromatic N) is 2. The topological polar surface area (TPSA) is 29.9 Å². The van der Waals surface area contributed by atoms with Crippen LogP contribution in [0.3, 0.4) is 0 Å². The van der Waals surface area contributed by atoms with Gasteiger partial charge >= 0.3 is 0 Å². The predicted octanol–water partition coefficient (Wildman–Crippen LogP) is 1.99. The molecule has 78 valence electrons. The van der Waals surface area contributed by atoms with E-state index in [0.29, 0.717) is 6.04 Å². The fourth-order valence-electron chi connectivity index (χ4n) is 1.88. The van der Waals surface area contributed by atoms with Crippen LogP contribution in [-0.4, -0.2) is 22.4 Å². The number of hydrogen-bond acceptors (Lipinski definition) is 2. The largest absolute Gasteiger partial charge is 0.312 e. The summed E-state index contributed by atoms with van der Waals surface area (Å²) in [6.45, 7) is 4.01. The number of aromatic nitrogens is 2. The summed E-state index contributed by atoms with van der Waals surface area (Å²) in [7, 11) is 0. The van der Waals surface area contributed by atoms with Crippen LogP contribution in [0.4, 0.5) is 0 Å². The molecule has 2 rings (SSSR count). The molecule has 0 aromatic carbocycles. The molecule has 0 saturated carbocycles. The molecule has 0 aliphatic carbocycles. The highest BCUT2D eigenvalue weighted by atomic mass is 35.5. The third-order valence-electron chi connectivity index (χ3n) is 2.75. The van der Waals surface area contributed by atoms with Gasteiger partial charge in [0, 0.05) is 11.6 Å². The minimum atomic E-state index is 0.542. The molecule has 2 heterocycles.